The lowest BCUT2D eigenvalue weighted by atomic mass is 9.76. The van der Waals surface area contributed by atoms with Crippen LogP contribution in [0.5, 0.6) is 0 Å². The van der Waals surface area contributed by atoms with E-state index in [0.717, 1.165) is 55.1 Å². The second-order valence-electron chi connectivity index (χ2n) is 14.7. The van der Waals surface area contributed by atoms with E-state index < -0.39 is 0 Å². The molecule has 0 aliphatic heterocycles. The Morgan fingerprint density at radius 3 is 2.16 bits per heavy atom. The van der Waals surface area contributed by atoms with Crippen molar-refractivity contribution in [2.75, 3.05) is 0 Å². The first-order chi connectivity index (χ1) is 27.7. The van der Waals surface area contributed by atoms with Crippen LogP contribution in [0.2, 0.25) is 0 Å². The summed E-state index contributed by atoms with van der Waals surface area (Å²) in [7, 11) is 0. The summed E-state index contributed by atoms with van der Waals surface area (Å²) in [5.41, 5.74) is 9.19. The Hall–Kier alpha value is -6.95. The van der Waals surface area contributed by atoms with E-state index in [-0.39, 0.29) is 5.92 Å². The Bertz CT molecular complexity index is 3350. The molecular weight excluding hydrogens is 703 g/mol. The number of benzene rings is 7. The van der Waals surface area contributed by atoms with E-state index in [4.69, 9.17) is 19.4 Å². The molecule has 0 amide bonds. The molecule has 3 heterocycles. The molecule has 10 aromatic rings. The van der Waals surface area contributed by atoms with Crippen molar-refractivity contribution in [1.82, 2.24) is 15.0 Å². The first-order valence-electron chi connectivity index (χ1n) is 19.0. The molecule has 0 saturated heterocycles. The summed E-state index contributed by atoms with van der Waals surface area (Å²) in [5, 5.41) is 6.84. The highest BCUT2D eigenvalue weighted by molar-refractivity contribution is 7.25. The standard InChI is InChI=1S/C51H31N3OS/c1-2-11-33-27-35(22-17-30(33)9-1)49-52-50(36-23-24-40-39-13-6-8-16-45(39)56-46(40)29-36)54-51(53-49)48-38(25-26-44-47(48)41-14-5-7-15-43(41)55-44)34-21-20-32-19-18-31-10-3-4-12-37(31)42(32)28-34/h1-29,31,37H. The van der Waals surface area contributed by atoms with Gasteiger partial charge < -0.3 is 4.42 Å². The van der Waals surface area contributed by atoms with Crippen molar-refractivity contribution in [2.24, 2.45) is 5.92 Å². The molecule has 12 rings (SSSR count). The van der Waals surface area contributed by atoms with Crippen molar-refractivity contribution in [1.29, 1.82) is 0 Å². The zero-order chi connectivity index (χ0) is 36.7. The van der Waals surface area contributed by atoms with Crippen molar-refractivity contribution >= 4 is 70.3 Å². The highest BCUT2D eigenvalue weighted by Gasteiger charge is 2.26. The summed E-state index contributed by atoms with van der Waals surface area (Å²) in [5.74, 6) is 2.49. The maximum Gasteiger partial charge on any atom is 0.165 e. The molecule has 2 unspecified atom stereocenters. The number of hydrogen-bond donors (Lipinski definition) is 0. The maximum absolute atomic E-state index is 6.53. The minimum atomic E-state index is 0.286. The number of aromatic nitrogens is 3. The zero-order valence-corrected chi connectivity index (χ0v) is 30.9. The Morgan fingerprint density at radius 1 is 0.500 bits per heavy atom. The van der Waals surface area contributed by atoms with Gasteiger partial charge in [0.25, 0.3) is 0 Å². The van der Waals surface area contributed by atoms with Crippen LogP contribution >= 0.6 is 11.3 Å². The minimum Gasteiger partial charge on any atom is -0.456 e. The number of para-hydroxylation sites is 1. The zero-order valence-electron chi connectivity index (χ0n) is 30.1. The fourth-order valence-electron chi connectivity index (χ4n) is 8.75. The molecule has 56 heavy (non-hydrogen) atoms. The van der Waals surface area contributed by atoms with E-state index >= 15 is 0 Å². The Balaban J connectivity index is 1.14. The van der Waals surface area contributed by atoms with E-state index in [1.54, 1.807) is 11.3 Å². The molecule has 0 saturated carbocycles. The van der Waals surface area contributed by atoms with Crippen LogP contribution in [0.25, 0.3) is 104 Å². The molecule has 5 heteroatoms. The smallest absolute Gasteiger partial charge is 0.165 e. The molecule has 2 aliphatic carbocycles. The molecule has 0 N–H and O–H groups in total. The molecule has 0 bridgehead atoms. The Labute approximate surface area is 326 Å². The monoisotopic (exact) mass is 733 g/mol. The predicted octanol–water partition coefficient (Wildman–Crippen LogP) is 13.8. The van der Waals surface area contributed by atoms with Gasteiger partial charge in [-0.3, -0.25) is 0 Å². The lowest BCUT2D eigenvalue weighted by molar-refractivity contribution is 0.669. The van der Waals surface area contributed by atoms with Crippen LogP contribution in [-0.4, -0.2) is 15.0 Å². The lowest BCUT2D eigenvalue weighted by Crippen LogP contribution is -2.13. The van der Waals surface area contributed by atoms with Gasteiger partial charge in [0.1, 0.15) is 11.2 Å². The first kappa shape index (κ1) is 31.4. The number of furan rings is 1. The van der Waals surface area contributed by atoms with Crippen LogP contribution in [0.3, 0.4) is 0 Å². The quantitative estimate of drug-likeness (QED) is 0.181. The SMILES string of the molecule is C1=CC2C=Cc3ccc(-c4ccc5oc6ccccc6c5c4-c4nc(-c5ccc6ccccc6c5)nc(-c5ccc6c(c5)sc5ccccc56)n4)cc3C2C=C1. The van der Waals surface area contributed by atoms with Gasteiger partial charge in [-0.25, -0.2) is 15.0 Å². The van der Waals surface area contributed by atoms with Gasteiger partial charge in [-0.15, -0.1) is 11.3 Å². The molecule has 7 aromatic carbocycles. The molecule has 0 radical (unpaired) electrons. The Morgan fingerprint density at radius 2 is 1.23 bits per heavy atom. The van der Waals surface area contributed by atoms with Crippen LogP contribution in [-0.2, 0) is 0 Å². The van der Waals surface area contributed by atoms with Gasteiger partial charge >= 0.3 is 0 Å². The fraction of sp³-hybridized carbons (Fsp3) is 0.0392. The number of fused-ring (bicyclic) bond motifs is 10. The summed E-state index contributed by atoms with van der Waals surface area (Å²) >= 11 is 1.80. The second-order valence-corrected chi connectivity index (χ2v) is 15.8. The van der Waals surface area contributed by atoms with E-state index in [2.05, 4.69) is 164 Å². The molecule has 0 fully saturated rings. The largest absolute Gasteiger partial charge is 0.456 e. The number of nitrogens with zero attached hydrogens (tertiary/aromatic N) is 3. The predicted molar refractivity (Wildman–Crippen MR) is 233 cm³/mol. The van der Waals surface area contributed by atoms with Crippen molar-refractivity contribution in [3.05, 3.63) is 181 Å². The number of allylic oxidation sites excluding steroid dienone is 5. The van der Waals surface area contributed by atoms with Crippen LogP contribution in [0.15, 0.2) is 174 Å². The highest BCUT2D eigenvalue weighted by Crippen LogP contribution is 2.45. The molecule has 262 valence electrons. The topological polar surface area (TPSA) is 51.8 Å². The van der Waals surface area contributed by atoms with E-state index in [0.29, 0.717) is 23.4 Å². The van der Waals surface area contributed by atoms with E-state index in [1.807, 2.05) is 12.1 Å². The summed E-state index contributed by atoms with van der Waals surface area (Å²) in [6.45, 7) is 0. The van der Waals surface area contributed by atoms with Crippen molar-refractivity contribution < 1.29 is 4.42 Å². The summed E-state index contributed by atoms with van der Waals surface area (Å²) < 4.78 is 9.00. The van der Waals surface area contributed by atoms with Gasteiger partial charge in [-0.05, 0) is 75.5 Å². The molecular formula is C51H31N3OS. The third-order valence-electron chi connectivity index (χ3n) is 11.5. The van der Waals surface area contributed by atoms with Crippen molar-refractivity contribution in [3.8, 4) is 45.3 Å². The summed E-state index contributed by atoms with van der Waals surface area (Å²) in [6.07, 6.45) is 13.5. The second kappa shape index (κ2) is 12.3. The van der Waals surface area contributed by atoms with E-state index in [9.17, 15) is 0 Å². The van der Waals surface area contributed by atoms with Crippen LogP contribution in [0.4, 0.5) is 0 Å². The number of thiophene rings is 1. The Kier molecular flexibility index (Phi) is 6.89. The van der Waals surface area contributed by atoms with Gasteiger partial charge in [0.2, 0.25) is 0 Å². The molecule has 2 atom stereocenters. The lowest BCUT2D eigenvalue weighted by Gasteiger charge is -2.28. The minimum absolute atomic E-state index is 0.286. The van der Waals surface area contributed by atoms with Crippen LogP contribution in [0, 0.1) is 5.92 Å². The third kappa shape index (κ3) is 4.94. The van der Waals surface area contributed by atoms with Crippen LogP contribution in [0.1, 0.15) is 17.0 Å². The first-order valence-corrected chi connectivity index (χ1v) is 19.8. The normalized spacial score (nSPS) is 16.0. The number of hydrogen-bond acceptors (Lipinski definition) is 5. The summed E-state index contributed by atoms with van der Waals surface area (Å²) in [6, 6.07) is 49.5. The fourth-order valence-corrected chi connectivity index (χ4v) is 9.89. The molecule has 4 nitrogen and oxygen atoms in total. The van der Waals surface area contributed by atoms with Gasteiger partial charge in [-0.1, -0.05) is 134 Å². The summed E-state index contributed by atoms with van der Waals surface area (Å²) in [4.78, 5) is 16.0. The third-order valence-corrected chi connectivity index (χ3v) is 12.6. The van der Waals surface area contributed by atoms with Crippen molar-refractivity contribution in [2.45, 2.75) is 5.92 Å². The number of rotatable bonds is 4. The maximum atomic E-state index is 6.53. The van der Waals surface area contributed by atoms with Gasteiger partial charge in [0.05, 0.1) is 0 Å². The molecule has 2 aliphatic rings. The molecule has 3 aromatic heterocycles. The van der Waals surface area contributed by atoms with Crippen LogP contribution < -0.4 is 0 Å². The van der Waals surface area contributed by atoms with Gasteiger partial charge in [0, 0.05) is 59.5 Å². The van der Waals surface area contributed by atoms with Gasteiger partial charge in [0.15, 0.2) is 17.5 Å². The average Bonchev–Trinajstić information content (AvgIpc) is 3.83. The highest BCUT2D eigenvalue weighted by atomic mass is 32.1. The molecule has 0 spiro atoms. The average molecular weight is 734 g/mol. The van der Waals surface area contributed by atoms with Gasteiger partial charge in [-0.2, -0.15) is 0 Å². The van der Waals surface area contributed by atoms with E-state index in [1.165, 1.54) is 36.7 Å². The van der Waals surface area contributed by atoms with Crippen molar-refractivity contribution in [3.63, 3.8) is 0 Å².